The quantitative estimate of drug-likeness (QED) is 0.652. The van der Waals surface area contributed by atoms with E-state index in [-0.39, 0.29) is 11.3 Å². The van der Waals surface area contributed by atoms with E-state index in [1.54, 1.807) is 11.7 Å². The molecule has 3 aromatic rings. The van der Waals surface area contributed by atoms with Gasteiger partial charge in [0.1, 0.15) is 23.2 Å². The Bertz CT molecular complexity index is 1360. The Kier molecular flexibility index (Phi) is 4.18. The van der Waals surface area contributed by atoms with Gasteiger partial charge in [0.15, 0.2) is 4.80 Å². The minimum Gasteiger partial charge on any atom is -0.496 e. The predicted molar refractivity (Wildman–Crippen MR) is 114 cm³/mol. The Morgan fingerprint density at radius 1 is 1.23 bits per heavy atom. The predicted octanol–water partition coefficient (Wildman–Crippen LogP) is 2.28. The van der Waals surface area contributed by atoms with E-state index >= 15 is 0 Å². The first-order valence-electron chi connectivity index (χ1n) is 9.67. The van der Waals surface area contributed by atoms with Crippen molar-refractivity contribution in [1.82, 2.24) is 4.57 Å². The molecule has 3 atom stereocenters. The van der Waals surface area contributed by atoms with Crippen molar-refractivity contribution in [2.24, 2.45) is 10.9 Å². The van der Waals surface area contributed by atoms with Gasteiger partial charge in [-0.1, -0.05) is 47.7 Å². The van der Waals surface area contributed by atoms with Gasteiger partial charge in [0, 0.05) is 11.1 Å². The van der Waals surface area contributed by atoms with Gasteiger partial charge in [-0.3, -0.25) is 14.2 Å². The van der Waals surface area contributed by atoms with E-state index in [4.69, 9.17) is 14.5 Å². The summed E-state index contributed by atoms with van der Waals surface area (Å²) in [6, 6.07) is 14.6. The first-order valence-corrected chi connectivity index (χ1v) is 10.5. The average molecular weight is 420 g/mol. The summed E-state index contributed by atoms with van der Waals surface area (Å²) in [7, 11) is 1.60. The number of Topliss-reactive ketones (excluding diaryl/α,β-unsaturated/α-hetero) is 1. The number of ketones is 1. The highest BCUT2D eigenvalue weighted by Crippen LogP contribution is 2.47. The molecule has 5 rings (SSSR count). The molecule has 6 nitrogen and oxygen atoms in total. The van der Waals surface area contributed by atoms with Crippen LogP contribution in [0.25, 0.3) is 6.08 Å². The molecule has 0 saturated heterocycles. The molecular weight excluding hydrogens is 400 g/mol. The summed E-state index contributed by atoms with van der Waals surface area (Å²) < 4.78 is 13.8. The number of benzene rings is 2. The molecule has 0 amide bonds. The second-order valence-electron chi connectivity index (χ2n) is 7.65. The van der Waals surface area contributed by atoms with Gasteiger partial charge < -0.3 is 9.47 Å². The monoisotopic (exact) mass is 420 g/mol. The van der Waals surface area contributed by atoms with E-state index in [0.29, 0.717) is 20.8 Å². The summed E-state index contributed by atoms with van der Waals surface area (Å²) in [6.07, 6.45) is 1.81. The van der Waals surface area contributed by atoms with Gasteiger partial charge in [0.05, 0.1) is 17.7 Å². The molecule has 0 aliphatic carbocycles. The zero-order valence-corrected chi connectivity index (χ0v) is 17.6. The molecule has 30 heavy (non-hydrogen) atoms. The number of ether oxygens (including phenoxy) is 2. The van der Waals surface area contributed by atoms with Crippen molar-refractivity contribution in [2.45, 2.75) is 25.6 Å². The highest BCUT2D eigenvalue weighted by molar-refractivity contribution is 7.07. The van der Waals surface area contributed by atoms with Gasteiger partial charge >= 0.3 is 0 Å². The minimum absolute atomic E-state index is 0.0558. The number of methoxy groups -OCH3 is 1. The number of carbonyl (C=O) groups excluding carboxylic acids is 1. The van der Waals surface area contributed by atoms with Crippen LogP contribution in [0.1, 0.15) is 31.0 Å². The number of para-hydroxylation sites is 2. The molecule has 2 aliphatic heterocycles. The Morgan fingerprint density at radius 3 is 2.73 bits per heavy atom. The minimum atomic E-state index is -1.05. The van der Waals surface area contributed by atoms with E-state index in [2.05, 4.69) is 0 Å². The number of aromatic nitrogens is 1. The van der Waals surface area contributed by atoms with Crippen molar-refractivity contribution in [3.63, 3.8) is 0 Å². The van der Waals surface area contributed by atoms with Crippen LogP contribution in [0.5, 0.6) is 11.5 Å². The lowest BCUT2D eigenvalue weighted by Gasteiger charge is -2.45. The van der Waals surface area contributed by atoms with E-state index in [1.165, 1.54) is 18.3 Å². The summed E-state index contributed by atoms with van der Waals surface area (Å²) in [5.74, 6) is 0.711. The Hall–Kier alpha value is -3.19. The Labute approximate surface area is 176 Å². The molecule has 0 spiro atoms. The van der Waals surface area contributed by atoms with E-state index in [0.717, 1.165) is 11.1 Å². The molecule has 0 saturated carbocycles. The fourth-order valence-electron chi connectivity index (χ4n) is 4.48. The highest BCUT2D eigenvalue weighted by Gasteiger charge is 2.53. The third-order valence-corrected chi connectivity index (χ3v) is 6.73. The molecule has 2 aliphatic rings. The van der Waals surface area contributed by atoms with Crippen molar-refractivity contribution in [1.29, 1.82) is 0 Å². The van der Waals surface area contributed by atoms with Crippen LogP contribution in [0.4, 0.5) is 0 Å². The zero-order chi connectivity index (χ0) is 21.0. The molecular formula is C23H20N2O4S. The maximum atomic E-state index is 13.5. The molecule has 1 aromatic heterocycles. The van der Waals surface area contributed by atoms with Crippen LogP contribution in [0, 0.1) is 5.92 Å². The number of hydrogen-bond donors (Lipinski definition) is 0. The molecule has 0 unspecified atom stereocenters. The fourth-order valence-corrected chi connectivity index (χ4v) is 5.57. The fraction of sp³-hybridized carbons (Fsp3) is 0.261. The van der Waals surface area contributed by atoms with Crippen molar-refractivity contribution in [3.8, 4) is 11.5 Å². The Balaban J connectivity index is 1.81. The van der Waals surface area contributed by atoms with Gasteiger partial charge in [-0.25, -0.2) is 4.99 Å². The van der Waals surface area contributed by atoms with Crippen molar-refractivity contribution < 1.29 is 14.3 Å². The summed E-state index contributed by atoms with van der Waals surface area (Å²) >= 11 is 1.30. The van der Waals surface area contributed by atoms with Gasteiger partial charge in [0.2, 0.25) is 5.72 Å². The van der Waals surface area contributed by atoms with Crippen LogP contribution in [0.15, 0.2) is 58.3 Å². The maximum absolute atomic E-state index is 13.5. The first-order chi connectivity index (χ1) is 14.4. The SMILES string of the molecule is COc1ccccc1/C=c1\sc2n(c1=O)[C@H]1c3ccccc3O[C@](C)(N=2)[C@H]1C(C)=O. The van der Waals surface area contributed by atoms with E-state index in [9.17, 15) is 9.59 Å². The smallest absolute Gasteiger partial charge is 0.270 e. The molecule has 2 bridgehead atoms. The van der Waals surface area contributed by atoms with Crippen LogP contribution < -0.4 is 24.4 Å². The lowest BCUT2D eigenvalue weighted by atomic mass is 9.79. The second kappa shape index (κ2) is 6.67. The van der Waals surface area contributed by atoms with Crippen molar-refractivity contribution >= 4 is 23.2 Å². The first kappa shape index (κ1) is 18.8. The van der Waals surface area contributed by atoms with Gasteiger partial charge in [0.25, 0.3) is 5.56 Å². The lowest BCUT2D eigenvalue weighted by molar-refractivity contribution is -0.132. The van der Waals surface area contributed by atoms with Gasteiger partial charge in [-0.2, -0.15) is 0 Å². The highest BCUT2D eigenvalue weighted by atomic mass is 32.1. The third-order valence-electron chi connectivity index (χ3n) is 5.74. The number of thiazole rings is 1. The van der Waals surface area contributed by atoms with E-state index < -0.39 is 17.7 Å². The molecule has 0 N–H and O–H groups in total. The average Bonchev–Trinajstić information content (AvgIpc) is 3.01. The van der Waals surface area contributed by atoms with Crippen LogP contribution >= 0.6 is 11.3 Å². The van der Waals surface area contributed by atoms with Crippen LogP contribution in [-0.2, 0) is 4.79 Å². The lowest BCUT2D eigenvalue weighted by Crippen LogP contribution is -2.58. The topological polar surface area (TPSA) is 69.9 Å². The number of nitrogens with zero attached hydrogens (tertiary/aromatic N) is 2. The molecule has 2 aromatic carbocycles. The van der Waals surface area contributed by atoms with Gasteiger partial charge in [-0.05, 0) is 32.1 Å². The van der Waals surface area contributed by atoms with Gasteiger partial charge in [-0.15, -0.1) is 0 Å². The maximum Gasteiger partial charge on any atom is 0.270 e. The van der Waals surface area contributed by atoms with Crippen LogP contribution in [-0.4, -0.2) is 23.2 Å². The largest absolute Gasteiger partial charge is 0.496 e. The van der Waals surface area contributed by atoms with Crippen LogP contribution in [0.3, 0.4) is 0 Å². The molecule has 7 heteroatoms. The standard InChI is InChI=1S/C23H20N2O4S/c1-13(26)19-20-15-9-5-7-11-17(15)29-23(19,2)24-22-25(20)21(27)18(30-22)12-14-8-4-6-10-16(14)28-3/h4-12,19-20H,1-3H3/b18-12-/t19-,20-,23-/m0/s1. The number of carbonyl (C=O) groups is 1. The third kappa shape index (κ3) is 2.65. The van der Waals surface area contributed by atoms with E-state index in [1.807, 2.05) is 61.5 Å². The normalized spacial score (nSPS) is 24.3. The molecule has 0 radical (unpaired) electrons. The molecule has 152 valence electrons. The number of rotatable bonds is 3. The number of hydrogen-bond acceptors (Lipinski definition) is 6. The van der Waals surface area contributed by atoms with Crippen LogP contribution in [0.2, 0.25) is 0 Å². The number of fused-ring (bicyclic) bond motifs is 6. The second-order valence-corrected chi connectivity index (χ2v) is 8.66. The summed E-state index contributed by atoms with van der Waals surface area (Å²) in [6.45, 7) is 3.35. The summed E-state index contributed by atoms with van der Waals surface area (Å²) in [5, 5.41) is 0. The zero-order valence-electron chi connectivity index (χ0n) is 16.8. The summed E-state index contributed by atoms with van der Waals surface area (Å²) in [4.78, 5) is 31.5. The summed E-state index contributed by atoms with van der Waals surface area (Å²) in [5.41, 5.74) is 0.420. The Morgan fingerprint density at radius 2 is 1.97 bits per heavy atom. The molecule has 3 heterocycles. The van der Waals surface area contributed by atoms with Crippen molar-refractivity contribution in [2.75, 3.05) is 7.11 Å². The molecule has 0 fully saturated rings. The van der Waals surface area contributed by atoms with Crippen molar-refractivity contribution in [3.05, 3.63) is 79.3 Å².